The monoisotopic (exact) mass is 281 g/mol. The Morgan fingerprint density at radius 3 is 2.63 bits per heavy atom. The first-order valence-corrected chi connectivity index (χ1v) is 5.80. The van der Waals surface area contributed by atoms with Crippen molar-refractivity contribution in [1.82, 2.24) is 0 Å². The number of nitrogens with one attached hydrogen (secondary N) is 1. The lowest BCUT2D eigenvalue weighted by Crippen LogP contribution is -2.12. The number of hydrogen-bond donors (Lipinski definition) is 1. The van der Waals surface area contributed by atoms with Crippen LogP contribution in [0.3, 0.4) is 0 Å². The van der Waals surface area contributed by atoms with Gasteiger partial charge < -0.3 is 19.2 Å². The van der Waals surface area contributed by atoms with Crippen molar-refractivity contribution >= 4 is 23.2 Å². The molecule has 0 aliphatic carbocycles. The third-order valence-corrected chi connectivity index (χ3v) is 2.81. The summed E-state index contributed by atoms with van der Waals surface area (Å²) in [6, 6.07) is 6.58. The molecule has 0 atom stereocenters. The highest BCUT2D eigenvalue weighted by Crippen LogP contribution is 2.30. The van der Waals surface area contributed by atoms with E-state index in [0.29, 0.717) is 17.2 Å². The van der Waals surface area contributed by atoms with Crippen molar-refractivity contribution < 1.29 is 18.7 Å². The van der Waals surface area contributed by atoms with Crippen molar-refractivity contribution in [2.45, 2.75) is 0 Å². The van der Waals surface area contributed by atoms with E-state index in [-0.39, 0.29) is 16.7 Å². The van der Waals surface area contributed by atoms with E-state index in [0.717, 1.165) is 0 Å². The van der Waals surface area contributed by atoms with E-state index in [2.05, 4.69) is 5.32 Å². The molecule has 0 bridgehead atoms. The predicted molar refractivity (Wildman–Crippen MR) is 71.2 cm³/mol. The minimum Gasteiger partial charge on any atom is -0.497 e. The van der Waals surface area contributed by atoms with Gasteiger partial charge in [-0.25, -0.2) is 0 Å². The number of benzene rings is 1. The topological polar surface area (TPSA) is 60.7 Å². The van der Waals surface area contributed by atoms with Gasteiger partial charge >= 0.3 is 0 Å². The Balaban J connectivity index is 2.27. The molecule has 0 radical (unpaired) electrons. The van der Waals surface area contributed by atoms with E-state index in [1.807, 2.05) is 0 Å². The summed E-state index contributed by atoms with van der Waals surface area (Å²) in [6.45, 7) is 0. The minimum absolute atomic E-state index is 0.0411. The van der Waals surface area contributed by atoms with E-state index >= 15 is 0 Å². The fourth-order valence-electron chi connectivity index (χ4n) is 1.56. The molecule has 2 aromatic rings. The van der Waals surface area contributed by atoms with Gasteiger partial charge in [0.25, 0.3) is 5.91 Å². The van der Waals surface area contributed by atoms with Gasteiger partial charge in [0, 0.05) is 6.07 Å². The fraction of sp³-hybridized carbons (Fsp3) is 0.154. The molecular weight excluding hydrogens is 270 g/mol. The summed E-state index contributed by atoms with van der Waals surface area (Å²) in [5, 5.41) is 2.73. The van der Waals surface area contributed by atoms with E-state index in [1.165, 1.54) is 19.4 Å². The molecule has 0 saturated heterocycles. The smallest absolute Gasteiger partial charge is 0.260 e. The Morgan fingerprint density at radius 1 is 1.26 bits per heavy atom. The summed E-state index contributed by atoms with van der Waals surface area (Å²) < 4.78 is 15.1. The Kier molecular flexibility index (Phi) is 3.97. The Morgan fingerprint density at radius 2 is 2.05 bits per heavy atom. The maximum absolute atomic E-state index is 12.0. The second-order valence-electron chi connectivity index (χ2n) is 3.63. The Bertz CT molecular complexity index is 594. The van der Waals surface area contributed by atoms with Crippen LogP contribution in [0.1, 0.15) is 10.4 Å². The predicted octanol–water partition coefficient (Wildman–Crippen LogP) is 3.20. The summed E-state index contributed by atoms with van der Waals surface area (Å²) in [5.41, 5.74) is 0.746. The van der Waals surface area contributed by atoms with Crippen LogP contribution in [0.5, 0.6) is 11.5 Å². The summed E-state index contributed by atoms with van der Waals surface area (Å²) in [7, 11) is 3.06. The van der Waals surface area contributed by atoms with E-state index in [9.17, 15) is 4.79 Å². The molecule has 1 aromatic carbocycles. The molecule has 19 heavy (non-hydrogen) atoms. The van der Waals surface area contributed by atoms with Crippen molar-refractivity contribution in [3.8, 4) is 11.5 Å². The van der Waals surface area contributed by atoms with E-state index < -0.39 is 0 Å². The first-order valence-electron chi connectivity index (χ1n) is 5.42. The van der Waals surface area contributed by atoms with Crippen molar-refractivity contribution in [3.63, 3.8) is 0 Å². The second kappa shape index (κ2) is 5.67. The zero-order valence-corrected chi connectivity index (χ0v) is 11.2. The molecule has 0 unspecified atom stereocenters. The number of amides is 1. The van der Waals surface area contributed by atoms with Gasteiger partial charge in [-0.1, -0.05) is 0 Å². The van der Waals surface area contributed by atoms with Crippen LogP contribution in [0.25, 0.3) is 0 Å². The highest BCUT2D eigenvalue weighted by atomic mass is 35.5. The standard InChI is InChI=1S/C13H12ClNO4/c1-17-8-3-4-11(18-2)10(7-8)15-13(16)9-5-6-19-12(9)14/h3-7H,1-2H3,(H,15,16). The molecular formula is C13H12ClNO4. The molecule has 1 amide bonds. The third-order valence-electron chi connectivity index (χ3n) is 2.52. The quantitative estimate of drug-likeness (QED) is 0.935. The number of carbonyl (C=O) groups is 1. The molecule has 1 aromatic heterocycles. The third kappa shape index (κ3) is 2.82. The van der Waals surface area contributed by atoms with Crippen LogP contribution in [0, 0.1) is 0 Å². The van der Waals surface area contributed by atoms with Crippen LogP contribution in [-0.4, -0.2) is 20.1 Å². The molecule has 0 spiro atoms. The van der Waals surface area contributed by atoms with E-state index in [1.54, 1.807) is 25.3 Å². The first-order chi connectivity index (χ1) is 9.15. The van der Waals surface area contributed by atoms with Gasteiger partial charge in [0.2, 0.25) is 5.22 Å². The lowest BCUT2D eigenvalue weighted by atomic mass is 10.2. The number of methoxy groups -OCH3 is 2. The molecule has 1 N–H and O–H groups in total. The van der Waals surface area contributed by atoms with Crippen molar-refractivity contribution in [2.24, 2.45) is 0 Å². The van der Waals surface area contributed by atoms with Gasteiger partial charge in [-0.2, -0.15) is 0 Å². The van der Waals surface area contributed by atoms with Gasteiger partial charge in [-0.15, -0.1) is 0 Å². The van der Waals surface area contributed by atoms with Crippen LogP contribution in [-0.2, 0) is 0 Å². The number of carbonyl (C=O) groups excluding carboxylic acids is 1. The molecule has 0 aliphatic rings. The summed E-state index contributed by atoms with van der Waals surface area (Å²) in [4.78, 5) is 12.0. The SMILES string of the molecule is COc1ccc(OC)c(NC(=O)c2ccoc2Cl)c1. The number of anilines is 1. The van der Waals surface area contributed by atoms with Crippen molar-refractivity contribution in [2.75, 3.05) is 19.5 Å². The first kappa shape index (κ1) is 13.3. The molecule has 100 valence electrons. The molecule has 0 aliphatic heterocycles. The summed E-state index contributed by atoms with van der Waals surface area (Å²) in [6.07, 6.45) is 1.35. The van der Waals surface area contributed by atoms with Crippen LogP contribution in [0.15, 0.2) is 34.9 Å². The Labute approximate surface area is 115 Å². The average Bonchev–Trinajstić information content (AvgIpc) is 2.85. The van der Waals surface area contributed by atoms with Gasteiger partial charge in [0.05, 0.1) is 31.7 Å². The number of rotatable bonds is 4. The number of ether oxygens (including phenoxy) is 2. The average molecular weight is 282 g/mol. The van der Waals surface area contributed by atoms with Crippen molar-refractivity contribution in [3.05, 3.63) is 41.3 Å². The lowest BCUT2D eigenvalue weighted by molar-refractivity contribution is 0.102. The van der Waals surface area contributed by atoms with Crippen molar-refractivity contribution in [1.29, 1.82) is 0 Å². The maximum Gasteiger partial charge on any atom is 0.260 e. The normalized spacial score (nSPS) is 10.1. The van der Waals surface area contributed by atoms with Gasteiger partial charge in [-0.3, -0.25) is 4.79 Å². The van der Waals surface area contributed by atoms with Gasteiger partial charge in [0.15, 0.2) is 0 Å². The second-order valence-corrected chi connectivity index (χ2v) is 3.97. The number of furan rings is 1. The molecule has 6 heteroatoms. The summed E-state index contributed by atoms with van der Waals surface area (Å²) in [5.74, 6) is 0.744. The lowest BCUT2D eigenvalue weighted by Gasteiger charge is -2.11. The number of hydrogen-bond acceptors (Lipinski definition) is 4. The zero-order chi connectivity index (χ0) is 13.8. The Hall–Kier alpha value is -2.14. The number of halogens is 1. The molecule has 5 nitrogen and oxygen atoms in total. The maximum atomic E-state index is 12.0. The zero-order valence-electron chi connectivity index (χ0n) is 10.4. The van der Waals surface area contributed by atoms with Crippen LogP contribution in [0.4, 0.5) is 5.69 Å². The van der Waals surface area contributed by atoms with Gasteiger partial charge in [0.1, 0.15) is 11.5 Å². The van der Waals surface area contributed by atoms with E-state index in [4.69, 9.17) is 25.5 Å². The molecule has 1 heterocycles. The highest BCUT2D eigenvalue weighted by Gasteiger charge is 2.15. The molecule has 0 saturated carbocycles. The fourth-order valence-corrected chi connectivity index (χ4v) is 1.76. The largest absolute Gasteiger partial charge is 0.497 e. The van der Waals surface area contributed by atoms with Crippen LogP contribution in [0.2, 0.25) is 5.22 Å². The minimum atomic E-state index is -0.384. The highest BCUT2D eigenvalue weighted by molar-refractivity contribution is 6.32. The van der Waals surface area contributed by atoms with Crippen LogP contribution < -0.4 is 14.8 Å². The molecule has 0 fully saturated rings. The van der Waals surface area contributed by atoms with Crippen LogP contribution >= 0.6 is 11.6 Å². The molecule has 2 rings (SSSR count). The summed E-state index contributed by atoms with van der Waals surface area (Å²) >= 11 is 5.75. The van der Waals surface area contributed by atoms with Gasteiger partial charge in [-0.05, 0) is 29.8 Å².